The highest BCUT2D eigenvalue weighted by molar-refractivity contribution is 6.99. The molecule has 0 radical (unpaired) electrons. The summed E-state index contributed by atoms with van der Waals surface area (Å²) in [6.45, 7) is 0.778. The number of hydrogen-bond acceptors (Lipinski definition) is 6. The lowest BCUT2D eigenvalue weighted by molar-refractivity contribution is -0.145. The molecular formula is C12H16N4O4S. The molecule has 1 fully saturated rings. The van der Waals surface area contributed by atoms with Crippen molar-refractivity contribution in [2.24, 2.45) is 5.92 Å². The van der Waals surface area contributed by atoms with Crippen LogP contribution in [0.1, 0.15) is 23.3 Å². The van der Waals surface area contributed by atoms with Crippen molar-refractivity contribution in [1.82, 2.24) is 18.5 Å². The molecule has 0 spiro atoms. The highest BCUT2D eigenvalue weighted by Gasteiger charge is 2.28. The number of piperidine rings is 1. The standard InChI is InChI=1S/C12H16N4O4S/c1-15(11(18)9-6-13-21-14-9)7-10(17)16-4-2-8(3-5-16)12(19)20/h6,8H,2-5,7H2,1H3,(H,19,20). The van der Waals surface area contributed by atoms with Crippen LogP contribution in [0.4, 0.5) is 0 Å². The minimum Gasteiger partial charge on any atom is -0.481 e. The predicted octanol–water partition coefficient (Wildman–Crippen LogP) is -0.0667. The van der Waals surface area contributed by atoms with Gasteiger partial charge in [0.05, 0.1) is 30.4 Å². The second kappa shape index (κ2) is 6.61. The van der Waals surface area contributed by atoms with Gasteiger partial charge in [-0.1, -0.05) is 0 Å². The first kappa shape index (κ1) is 15.4. The molecule has 0 saturated carbocycles. The van der Waals surface area contributed by atoms with Crippen LogP contribution in [0.25, 0.3) is 0 Å². The summed E-state index contributed by atoms with van der Waals surface area (Å²) in [5.74, 6) is -1.73. The second-order valence-corrected chi connectivity index (χ2v) is 5.50. The molecule has 0 aliphatic carbocycles. The van der Waals surface area contributed by atoms with Gasteiger partial charge in [-0.25, -0.2) is 0 Å². The van der Waals surface area contributed by atoms with Crippen LogP contribution < -0.4 is 0 Å². The van der Waals surface area contributed by atoms with E-state index in [1.54, 1.807) is 4.90 Å². The summed E-state index contributed by atoms with van der Waals surface area (Å²) in [6.07, 6.45) is 2.27. The Morgan fingerprint density at radius 3 is 2.62 bits per heavy atom. The molecular weight excluding hydrogens is 296 g/mol. The number of carbonyl (C=O) groups is 3. The zero-order chi connectivity index (χ0) is 15.4. The molecule has 9 heteroatoms. The summed E-state index contributed by atoms with van der Waals surface area (Å²) >= 11 is 0.937. The Bertz CT molecular complexity index is 525. The number of amides is 2. The van der Waals surface area contributed by atoms with Crippen LogP contribution in [0.5, 0.6) is 0 Å². The summed E-state index contributed by atoms with van der Waals surface area (Å²) in [7, 11) is 1.53. The van der Waals surface area contributed by atoms with Crippen LogP contribution in [0.15, 0.2) is 6.20 Å². The van der Waals surface area contributed by atoms with Gasteiger partial charge in [0.15, 0.2) is 5.69 Å². The minimum atomic E-state index is -0.814. The Morgan fingerprint density at radius 1 is 1.43 bits per heavy atom. The molecule has 1 aliphatic heterocycles. The third kappa shape index (κ3) is 3.75. The number of hydrogen-bond donors (Lipinski definition) is 1. The highest BCUT2D eigenvalue weighted by atomic mass is 32.1. The summed E-state index contributed by atoms with van der Waals surface area (Å²) in [5, 5.41) is 8.92. The van der Waals surface area contributed by atoms with E-state index in [0.29, 0.717) is 25.9 Å². The molecule has 21 heavy (non-hydrogen) atoms. The Labute approximate surface area is 125 Å². The van der Waals surface area contributed by atoms with Gasteiger partial charge in [-0.3, -0.25) is 14.4 Å². The van der Waals surface area contributed by atoms with E-state index >= 15 is 0 Å². The van der Waals surface area contributed by atoms with Crippen molar-refractivity contribution in [3.05, 3.63) is 11.9 Å². The maximum Gasteiger partial charge on any atom is 0.306 e. The van der Waals surface area contributed by atoms with Gasteiger partial charge in [-0.05, 0) is 12.8 Å². The first-order chi connectivity index (χ1) is 9.99. The molecule has 114 valence electrons. The van der Waals surface area contributed by atoms with Crippen LogP contribution >= 0.6 is 11.7 Å². The monoisotopic (exact) mass is 312 g/mol. The van der Waals surface area contributed by atoms with Gasteiger partial charge in [0.25, 0.3) is 5.91 Å². The molecule has 0 bridgehead atoms. The Morgan fingerprint density at radius 2 is 2.10 bits per heavy atom. The van der Waals surface area contributed by atoms with Gasteiger partial charge >= 0.3 is 5.97 Å². The summed E-state index contributed by atoms with van der Waals surface area (Å²) in [5.41, 5.74) is 0.222. The normalized spacial score (nSPS) is 15.8. The van der Waals surface area contributed by atoms with Crippen molar-refractivity contribution in [1.29, 1.82) is 0 Å². The fraction of sp³-hybridized carbons (Fsp3) is 0.583. The van der Waals surface area contributed by atoms with Crippen LogP contribution in [0.3, 0.4) is 0 Å². The number of carboxylic acid groups (broad SMARTS) is 1. The molecule has 0 unspecified atom stereocenters. The van der Waals surface area contributed by atoms with Crippen molar-refractivity contribution >= 4 is 29.5 Å². The fourth-order valence-electron chi connectivity index (χ4n) is 2.20. The molecule has 1 aliphatic rings. The third-order valence-electron chi connectivity index (χ3n) is 3.50. The van der Waals surface area contributed by atoms with Gasteiger partial charge in [-0.2, -0.15) is 8.75 Å². The molecule has 0 aromatic carbocycles. The first-order valence-electron chi connectivity index (χ1n) is 6.52. The SMILES string of the molecule is CN(CC(=O)N1CCC(C(=O)O)CC1)C(=O)c1cnsn1. The lowest BCUT2D eigenvalue weighted by Crippen LogP contribution is -2.45. The highest BCUT2D eigenvalue weighted by Crippen LogP contribution is 2.17. The van der Waals surface area contributed by atoms with Crippen LogP contribution in [-0.4, -0.2) is 68.1 Å². The van der Waals surface area contributed by atoms with E-state index < -0.39 is 5.97 Å². The quantitative estimate of drug-likeness (QED) is 0.835. The minimum absolute atomic E-state index is 0.0475. The number of carbonyl (C=O) groups excluding carboxylic acids is 2. The molecule has 0 atom stereocenters. The number of rotatable bonds is 4. The number of nitrogens with zero attached hydrogens (tertiary/aromatic N) is 4. The van der Waals surface area contributed by atoms with Crippen molar-refractivity contribution in [2.75, 3.05) is 26.7 Å². The first-order valence-corrected chi connectivity index (χ1v) is 7.25. The zero-order valence-electron chi connectivity index (χ0n) is 11.6. The molecule has 2 amide bonds. The number of aromatic nitrogens is 2. The molecule has 2 rings (SSSR count). The largest absolute Gasteiger partial charge is 0.481 e. The van der Waals surface area contributed by atoms with Crippen LogP contribution in [-0.2, 0) is 9.59 Å². The lowest BCUT2D eigenvalue weighted by atomic mass is 9.97. The van der Waals surface area contributed by atoms with E-state index in [1.807, 2.05) is 0 Å². The Hall–Kier alpha value is -2.03. The number of likely N-dealkylation sites (N-methyl/N-ethyl adjacent to an activating group) is 1. The smallest absolute Gasteiger partial charge is 0.306 e. The Balaban J connectivity index is 1.85. The van der Waals surface area contributed by atoms with Crippen molar-refractivity contribution in [3.63, 3.8) is 0 Å². The Kier molecular flexibility index (Phi) is 4.84. The lowest BCUT2D eigenvalue weighted by Gasteiger charge is -2.31. The van der Waals surface area contributed by atoms with Crippen LogP contribution in [0, 0.1) is 5.92 Å². The van der Waals surface area contributed by atoms with Crippen molar-refractivity contribution in [2.45, 2.75) is 12.8 Å². The van der Waals surface area contributed by atoms with Gasteiger partial charge in [0.2, 0.25) is 5.91 Å². The van der Waals surface area contributed by atoms with E-state index in [1.165, 1.54) is 18.1 Å². The van der Waals surface area contributed by atoms with E-state index in [-0.39, 0.29) is 30.0 Å². The molecule has 8 nitrogen and oxygen atoms in total. The van der Waals surface area contributed by atoms with Crippen molar-refractivity contribution in [3.8, 4) is 0 Å². The maximum absolute atomic E-state index is 12.1. The van der Waals surface area contributed by atoms with E-state index in [2.05, 4.69) is 8.75 Å². The molecule has 2 heterocycles. The average molecular weight is 312 g/mol. The van der Waals surface area contributed by atoms with Gasteiger partial charge in [0, 0.05) is 20.1 Å². The van der Waals surface area contributed by atoms with Gasteiger partial charge < -0.3 is 14.9 Å². The van der Waals surface area contributed by atoms with Crippen LogP contribution in [0.2, 0.25) is 0 Å². The van der Waals surface area contributed by atoms with Crippen molar-refractivity contribution < 1.29 is 19.5 Å². The summed E-state index contributed by atoms with van der Waals surface area (Å²) in [6, 6.07) is 0. The average Bonchev–Trinajstić information content (AvgIpc) is 3.00. The second-order valence-electron chi connectivity index (χ2n) is 4.95. The van der Waals surface area contributed by atoms with E-state index in [4.69, 9.17) is 5.11 Å². The molecule has 1 N–H and O–H groups in total. The number of carboxylic acids is 1. The topological polar surface area (TPSA) is 104 Å². The van der Waals surface area contributed by atoms with Gasteiger partial charge in [-0.15, -0.1) is 0 Å². The molecule has 1 aromatic heterocycles. The van der Waals surface area contributed by atoms with Gasteiger partial charge in [0.1, 0.15) is 0 Å². The maximum atomic E-state index is 12.1. The van der Waals surface area contributed by atoms with E-state index in [0.717, 1.165) is 11.7 Å². The fourth-order valence-corrected chi connectivity index (χ4v) is 2.61. The third-order valence-corrected chi connectivity index (χ3v) is 3.97. The molecule has 1 saturated heterocycles. The number of aliphatic carboxylic acids is 1. The zero-order valence-corrected chi connectivity index (χ0v) is 12.4. The predicted molar refractivity (Wildman–Crippen MR) is 73.8 cm³/mol. The summed E-state index contributed by atoms with van der Waals surface area (Å²) < 4.78 is 7.59. The molecule has 1 aromatic rings. The number of likely N-dealkylation sites (tertiary alicyclic amines) is 1. The summed E-state index contributed by atoms with van der Waals surface area (Å²) in [4.78, 5) is 37.8. The van der Waals surface area contributed by atoms with E-state index in [9.17, 15) is 14.4 Å².